The fourth-order valence-electron chi connectivity index (χ4n) is 1.94. The highest BCUT2D eigenvalue weighted by Gasteiger charge is 2.40. The molecular formula is C13H13NO3. The van der Waals surface area contributed by atoms with Crippen molar-refractivity contribution in [2.75, 3.05) is 6.61 Å². The van der Waals surface area contributed by atoms with Crippen molar-refractivity contribution in [2.45, 2.75) is 13.8 Å². The standard InChI is InChI=1S/C13H13NO3/c1-3-17-14-8(2)11-12(15)9-6-4-5-7-10(9)13(11)16/h4-7,11H,3H2,1-2H3/b14-8-. The molecule has 1 aliphatic carbocycles. The lowest BCUT2D eigenvalue weighted by Gasteiger charge is -2.05. The highest BCUT2D eigenvalue weighted by molar-refractivity contribution is 6.36. The lowest BCUT2D eigenvalue weighted by atomic mass is 9.99. The number of rotatable bonds is 3. The van der Waals surface area contributed by atoms with Gasteiger partial charge in [-0.05, 0) is 13.8 Å². The first-order valence-electron chi connectivity index (χ1n) is 5.50. The van der Waals surface area contributed by atoms with Crippen molar-refractivity contribution in [3.05, 3.63) is 35.4 Å². The van der Waals surface area contributed by atoms with Gasteiger partial charge in [0, 0.05) is 11.1 Å². The predicted molar refractivity (Wildman–Crippen MR) is 63.3 cm³/mol. The molecule has 1 aromatic carbocycles. The zero-order valence-electron chi connectivity index (χ0n) is 9.77. The average Bonchev–Trinajstić information content (AvgIpc) is 2.60. The number of Topliss-reactive ketones (excluding diaryl/α,β-unsaturated/α-hetero) is 2. The molecular weight excluding hydrogens is 218 g/mol. The highest BCUT2D eigenvalue weighted by Crippen LogP contribution is 2.27. The summed E-state index contributed by atoms with van der Waals surface area (Å²) in [7, 11) is 0. The monoisotopic (exact) mass is 231 g/mol. The summed E-state index contributed by atoms with van der Waals surface area (Å²) in [4.78, 5) is 29.0. The van der Waals surface area contributed by atoms with E-state index >= 15 is 0 Å². The van der Waals surface area contributed by atoms with Gasteiger partial charge in [0.1, 0.15) is 12.5 Å². The third-order valence-electron chi connectivity index (χ3n) is 2.74. The van der Waals surface area contributed by atoms with Gasteiger partial charge in [0.2, 0.25) is 0 Å². The molecule has 17 heavy (non-hydrogen) atoms. The van der Waals surface area contributed by atoms with Crippen LogP contribution in [0.25, 0.3) is 0 Å². The predicted octanol–water partition coefficient (Wildman–Crippen LogP) is 2.09. The summed E-state index contributed by atoms with van der Waals surface area (Å²) >= 11 is 0. The Hall–Kier alpha value is -1.97. The average molecular weight is 231 g/mol. The Morgan fingerprint density at radius 3 is 2.24 bits per heavy atom. The molecule has 0 aliphatic heterocycles. The molecule has 2 rings (SSSR count). The van der Waals surface area contributed by atoms with Gasteiger partial charge in [-0.25, -0.2) is 0 Å². The van der Waals surface area contributed by atoms with Gasteiger partial charge in [0.25, 0.3) is 0 Å². The number of ketones is 2. The first kappa shape index (κ1) is 11.5. The van der Waals surface area contributed by atoms with Crippen LogP contribution in [0.5, 0.6) is 0 Å². The maximum absolute atomic E-state index is 12.1. The third kappa shape index (κ3) is 1.86. The number of benzene rings is 1. The van der Waals surface area contributed by atoms with Crippen molar-refractivity contribution < 1.29 is 14.4 Å². The second kappa shape index (κ2) is 4.49. The molecule has 4 nitrogen and oxygen atoms in total. The summed E-state index contributed by atoms with van der Waals surface area (Å²) in [5.74, 6) is -1.18. The maximum atomic E-state index is 12.1. The SMILES string of the molecule is CCO/N=C(/C)C1C(=O)c2ccccc2C1=O. The Morgan fingerprint density at radius 2 is 1.76 bits per heavy atom. The van der Waals surface area contributed by atoms with Crippen LogP contribution >= 0.6 is 0 Å². The topological polar surface area (TPSA) is 55.7 Å². The third-order valence-corrected chi connectivity index (χ3v) is 2.74. The van der Waals surface area contributed by atoms with Crippen LogP contribution in [0.3, 0.4) is 0 Å². The lowest BCUT2D eigenvalue weighted by Crippen LogP contribution is -2.23. The molecule has 0 fully saturated rings. The van der Waals surface area contributed by atoms with Crippen LogP contribution in [0.2, 0.25) is 0 Å². The van der Waals surface area contributed by atoms with Crippen LogP contribution in [0, 0.1) is 5.92 Å². The highest BCUT2D eigenvalue weighted by atomic mass is 16.6. The molecule has 1 aromatic rings. The molecule has 1 aliphatic rings. The van der Waals surface area contributed by atoms with Crippen LogP contribution in [-0.4, -0.2) is 23.9 Å². The van der Waals surface area contributed by atoms with E-state index in [9.17, 15) is 9.59 Å². The zero-order valence-corrected chi connectivity index (χ0v) is 9.77. The van der Waals surface area contributed by atoms with E-state index in [-0.39, 0.29) is 11.6 Å². The van der Waals surface area contributed by atoms with Gasteiger partial charge >= 0.3 is 0 Å². The van der Waals surface area contributed by atoms with Crippen LogP contribution in [0.15, 0.2) is 29.4 Å². The molecule has 88 valence electrons. The first-order chi connectivity index (χ1) is 8.16. The molecule has 0 spiro atoms. The summed E-state index contributed by atoms with van der Waals surface area (Å²) in [6, 6.07) is 6.84. The summed E-state index contributed by atoms with van der Waals surface area (Å²) in [6.07, 6.45) is 0. The number of oxime groups is 1. The van der Waals surface area contributed by atoms with Gasteiger partial charge in [-0.1, -0.05) is 29.4 Å². The Labute approximate surface area is 99.3 Å². The minimum absolute atomic E-state index is 0.188. The quantitative estimate of drug-likeness (QED) is 0.454. The molecule has 0 amide bonds. The summed E-state index contributed by atoms with van der Waals surface area (Å²) in [6.45, 7) is 3.85. The van der Waals surface area contributed by atoms with E-state index in [1.54, 1.807) is 38.1 Å². The number of hydrogen-bond acceptors (Lipinski definition) is 4. The molecule has 4 heteroatoms. The number of carbonyl (C=O) groups is 2. The molecule has 0 saturated carbocycles. The van der Waals surface area contributed by atoms with E-state index in [1.807, 2.05) is 0 Å². The van der Waals surface area contributed by atoms with Crippen molar-refractivity contribution in [3.8, 4) is 0 Å². The van der Waals surface area contributed by atoms with Crippen LogP contribution in [0.4, 0.5) is 0 Å². The Morgan fingerprint density at radius 1 is 1.24 bits per heavy atom. The van der Waals surface area contributed by atoms with Gasteiger partial charge in [0.15, 0.2) is 11.6 Å². The van der Waals surface area contributed by atoms with E-state index < -0.39 is 5.92 Å². The number of hydrogen-bond donors (Lipinski definition) is 0. The molecule has 0 saturated heterocycles. The molecule has 0 bridgehead atoms. The summed E-state index contributed by atoms with van der Waals surface area (Å²) < 4.78 is 0. The lowest BCUT2D eigenvalue weighted by molar-refractivity contribution is 0.0875. The Bertz CT molecular complexity index is 470. The largest absolute Gasteiger partial charge is 0.396 e. The van der Waals surface area contributed by atoms with Gasteiger partial charge in [-0.2, -0.15) is 0 Å². The van der Waals surface area contributed by atoms with Gasteiger partial charge in [-0.15, -0.1) is 0 Å². The number of nitrogens with zero attached hydrogens (tertiary/aromatic N) is 1. The maximum Gasteiger partial charge on any atom is 0.180 e. The fraction of sp³-hybridized carbons (Fsp3) is 0.308. The van der Waals surface area contributed by atoms with Crippen LogP contribution in [0.1, 0.15) is 34.6 Å². The van der Waals surface area contributed by atoms with Gasteiger partial charge in [-0.3, -0.25) is 9.59 Å². The van der Waals surface area contributed by atoms with E-state index in [2.05, 4.69) is 5.16 Å². The molecule has 0 unspecified atom stereocenters. The molecule has 0 aromatic heterocycles. The second-order valence-corrected chi connectivity index (χ2v) is 3.86. The Balaban J connectivity index is 2.36. The van der Waals surface area contributed by atoms with E-state index in [0.29, 0.717) is 23.4 Å². The molecule has 0 N–H and O–H groups in total. The molecule has 0 radical (unpaired) electrons. The summed E-state index contributed by atoms with van der Waals surface area (Å²) in [5, 5.41) is 3.78. The minimum Gasteiger partial charge on any atom is -0.396 e. The van der Waals surface area contributed by atoms with E-state index in [1.165, 1.54) is 0 Å². The molecule has 0 heterocycles. The van der Waals surface area contributed by atoms with Crippen molar-refractivity contribution in [1.29, 1.82) is 0 Å². The fourth-order valence-corrected chi connectivity index (χ4v) is 1.94. The normalized spacial score (nSPS) is 16.2. The van der Waals surface area contributed by atoms with Crippen molar-refractivity contribution in [3.63, 3.8) is 0 Å². The van der Waals surface area contributed by atoms with E-state index in [4.69, 9.17) is 4.84 Å². The number of fused-ring (bicyclic) bond motifs is 1. The number of carbonyl (C=O) groups excluding carboxylic acids is 2. The Kier molecular flexibility index (Phi) is 3.04. The minimum atomic E-state index is -0.807. The zero-order chi connectivity index (χ0) is 12.4. The first-order valence-corrected chi connectivity index (χ1v) is 5.50. The van der Waals surface area contributed by atoms with Crippen LogP contribution in [-0.2, 0) is 4.84 Å². The molecule has 0 atom stereocenters. The summed E-state index contributed by atoms with van der Waals surface area (Å²) in [5.41, 5.74) is 1.38. The van der Waals surface area contributed by atoms with Gasteiger partial charge < -0.3 is 4.84 Å². The smallest absolute Gasteiger partial charge is 0.180 e. The van der Waals surface area contributed by atoms with Crippen molar-refractivity contribution >= 4 is 17.3 Å². The van der Waals surface area contributed by atoms with E-state index in [0.717, 1.165) is 0 Å². The van der Waals surface area contributed by atoms with Crippen LogP contribution < -0.4 is 0 Å². The second-order valence-electron chi connectivity index (χ2n) is 3.86. The van der Waals surface area contributed by atoms with Crippen molar-refractivity contribution in [1.82, 2.24) is 0 Å². The van der Waals surface area contributed by atoms with Gasteiger partial charge in [0.05, 0.1) is 5.71 Å². The van der Waals surface area contributed by atoms with Crippen molar-refractivity contribution in [2.24, 2.45) is 11.1 Å².